The molecule has 3 heteroatoms. The van der Waals surface area contributed by atoms with E-state index in [4.69, 9.17) is 0 Å². The second kappa shape index (κ2) is 6.20. The Morgan fingerprint density at radius 2 is 2.18 bits per heavy atom. The van der Waals surface area contributed by atoms with Crippen molar-refractivity contribution in [3.8, 4) is 0 Å². The van der Waals surface area contributed by atoms with Crippen LogP contribution in [0, 0.1) is 11.3 Å². The van der Waals surface area contributed by atoms with Crippen molar-refractivity contribution >= 4 is 0 Å². The molecule has 17 heavy (non-hydrogen) atoms. The van der Waals surface area contributed by atoms with Crippen LogP contribution in [0.25, 0.3) is 0 Å². The predicted octanol–water partition coefficient (Wildman–Crippen LogP) is 2.62. The number of rotatable bonds is 7. The Bertz CT molecular complexity index is 330. The Morgan fingerprint density at radius 3 is 2.65 bits per heavy atom. The average molecular weight is 237 g/mol. The zero-order valence-corrected chi connectivity index (χ0v) is 12.0. The number of nitrogens with one attached hydrogen (secondary N) is 1. The molecule has 0 spiro atoms. The quantitative estimate of drug-likeness (QED) is 0.790. The maximum absolute atomic E-state index is 4.23. The summed E-state index contributed by atoms with van der Waals surface area (Å²) in [6.45, 7) is 11.3. The van der Waals surface area contributed by atoms with Crippen LogP contribution in [0.3, 0.4) is 0 Å². The van der Waals surface area contributed by atoms with Gasteiger partial charge in [-0.2, -0.15) is 5.10 Å². The molecule has 0 radical (unpaired) electrons. The number of aromatic nitrogens is 2. The van der Waals surface area contributed by atoms with Gasteiger partial charge in [-0.1, -0.05) is 27.7 Å². The van der Waals surface area contributed by atoms with Crippen molar-refractivity contribution in [1.29, 1.82) is 0 Å². The van der Waals surface area contributed by atoms with Crippen molar-refractivity contribution in [1.82, 2.24) is 15.1 Å². The summed E-state index contributed by atoms with van der Waals surface area (Å²) in [4.78, 5) is 0. The molecule has 0 aliphatic rings. The van der Waals surface area contributed by atoms with Crippen molar-refractivity contribution in [2.75, 3.05) is 13.1 Å². The summed E-state index contributed by atoms with van der Waals surface area (Å²) in [7, 11) is 2.02. The van der Waals surface area contributed by atoms with Gasteiger partial charge in [0.05, 0.1) is 0 Å². The fraction of sp³-hybridized carbons (Fsp3) is 0.786. The summed E-state index contributed by atoms with van der Waals surface area (Å²) < 4.78 is 1.98. The molecule has 0 amide bonds. The lowest BCUT2D eigenvalue weighted by molar-refractivity contribution is 0.191. The van der Waals surface area contributed by atoms with Crippen LogP contribution in [-0.4, -0.2) is 22.9 Å². The summed E-state index contributed by atoms with van der Waals surface area (Å²) in [6, 6.07) is 2.12. The Hall–Kier alpha value is -0.830. The summed E-state index contributed by atoms with van der Waals surface area (Å²) in [5, 5.41) is 7.72. The Kier molecular flexibility index (Phi) is 5.19. The molecular formula is C14H27N3. The molecule has 0 fully saturated rings. The molecule has 1 rings (SSSR count). The third kappa shape index (κ3) is 3.84. The van der Waals surface area contributed by atoms with Gasteiger partial charge in [-0.15, -0.1) is 0 Å². The zero-order chi connectivity index (χ0) is 12.9. The molecule has 0 aliphatic carbocycles. The van der Waals surface area contributed by atoms with Gasteiger partial charge in [0.15, 0.2) is 0 Å². The fourth-order valence-electron chi connectivity index (χ4n) is 2.05. The van der Waals surface area contributed by atoms with Crippen LogP contribution in [0.1, 0.15) is 39.8 Å². The van der Waals surface area contributed by atoms with Crippen LogP contribution in [0.15, 0.2) is 12.3 Å². The number of nitrogens with zero attached hydrogens (tertiary/aromatic N) is 2. The van der Waals surface area contributed by atoms with Crippen molar-refractivity contribution < 1.29 is 0 Å². The van der Waals surface area contributed by atoms with Gasteiger partial charge in [-0.3, -0.25) is 4.68 Å². The van der Waals surface area contributed by atoms with E-state index in [-0.39, 0.29) is 0 Å². The zero-order valence-electron chi connectivity index (χ0n) is 12.0. The van der Waals surface area contributed by atoms with Gasteiger partial charge >= 0.3 is 0 Å². The van der Waals surface area contributed by atoms with E-state index >= 15 is 0 Å². The highest BCUT2D eigenvalue weighted by molar-refractivity contribution is 5.01. The third-order valence-electron chi connectivity index (χ3n) is 4.05. The number of aryl methyl sites for hydroxylation is 2. The lowest BCUT2D eigenvalue weighted by atomic mass is 9.75. The Balaban J connectivity index is 2.58. The molecule has 0 aliphatic heterocycles. The molecule has 1 aromatic rings. The van der Waals surface area contributed by atoms with Gasteiger partial charge < -0.3 is 5.32 Å². The largest absolute Gasteiger partial charge is 0.316 e. The van der Waals surface area contributed by atoms with Gasteiger partial charge in [0.25, 0.3) is 0 Å². The molecule has 1 N–H and O–H groups in total. The molecule has 1 heterocycles. The standard InChI is InChI=1S/C14H27N3/c1-6-15-11-14(4,12(2)3)9-7-13-8-10-16-17(13)5/h8,10,12,15H,6-7,9,11H2,1-5H3. The minimum Gasteiger partial charge on any atom is -0.316 e. The molecule has 0 bridgehead atoms. The van der Waals surface area contributed by atoms with E-state index in [1.807, 2.05) is 17.9 Å². The average Bonchev–Trinajstić information content (AvgIpc) is 2.69. The monoisotopic (exact) mass is 237 g/mol. The van der Waals surface area contributed by atoms with Gasteiger partial charge in [0, 0.05) is 25.5 Å². The SMILES string of the molecule is CCNCC(C)(CCc1ccnn1C)C(C)C. The summed E-state index contributed by atoms with van der Waals surface area (Å²) in [5.41, 5.74) is 1.69. The molecule has 1 atom stereocenters. The fourth-order valence-corrected chi connectivity index (χ4v) is 2.05. The van der Waals surface area contributed by atoms with Crippen molar-refractivity contribution in [2.45, 2.75) is 40.5 Å². The van der Waals surface area contributed by atoms with E-state index in [2.05, 4.69) is 44.2 Å². The normalized spacial score (nSPS) is 15.2. The summed E-state index contributed by atoms with van der Waals surface area (Å²) >= 11 is 0. The lowest BCUT2D eigenvalue weighted by Crippen LogP contribution is -2.36. The van der Waals surface area contributed by atoms with E-state index in [0.29, 0.717) is 11.3 Å². The smallest absolute Gasteiger partial charge is 0.0492 e. The second-order valence-electron chi connectivity index (χ2n) is 5.54. The molecule has 3 nitrogen and oxygen atoms in total. The van der Waals surface area contributed by atoms with E-state index in [1.165, 1.54) is 12.1 Å². The van der Waals surface area contributed by atoms with E-state index in [0.717, 1.165) is 19.5 Å². The van der Waals surface area contributed by atoms with Crippen molar-refractivity contribution in [2.24, 2.45) is 18.4 Å². The highest BCUT2D eigenvalue weighted by Gasteiger charge is 2.27. The Labute approximate surface area is 106 Å². The first-order chi connectivity index (χ1) is 7.99. The second-order valence-corrected chi connectivity index (χ2v) is 5.54. The van der Waals surface area contributed by atoms with Gasteiger partial charge in [-0.25, -0.2) is 0 Å². The predicted molar refractivity (Wildman–Crippen MR) is 73.0 cm³/mol. The summed E-state index contributed by atoms with van der Waals surface area (Å²) in [6.07, 6.45) is 4.19. The summed E-state index contributed by atoms with van der Waals surface area (Å²) in [5.74, 6) is 0.690. The van der Waals surface area contributed by atoms with Crippen LogP contribution in [0.5, 0.6) is 0 Å². The van der Waals surface area contributed by atoms with E-state index in [1.54, 1.807) is 0 Å². The molecule has 98 valence electrons. The van der Waals surface area contributed by atoms with Gasteiger partial charge in [0.2, 0.25) is 0 Å². The maximum atomic E-state index is 4.23. The molecule has 0 saturated carbocycles. The maximum Gasteiger partial charge on any atom is 0.0492 e. The van der Waals surface area contributed by atoms with Gasteiger partial charge in [-0.05, 0) is 36.8 Å². The van der Waals surface area contributed by atoms with Crippen LogP contribution < -0.4 is 5.32 Å². The molecular weight excluding hydrogens is 210 g/mol. The minimum atomic E-state index is 0.361. The van der Waals surface area contributed by atoms with Crippen LogP contribution >= 0.6 is 0 Å². The van der Waals surface area contributed by atoms with Crippen LogP contribution in [0.2, 0.25) is 0 Å². The van der Waals surface area contributed by atoms with E-state index in [9.17, 15) is 0 Å². The lowest BCUT2D eigenvalue weighted by Gasteiger charge is -2.34. The molecule has 1 unspecified atom stereocenters. The molecule has 0 aromatic carbocycles. The van der Waals surface area contributed by atoms with Crippen LogP contribution in [0.4, 0.5) is 0 Å². The third-order valence-corrected chi connectivity index (χ3v) is 4.05. The first kappa shape index (κ1) is 14.2. The molecule has 1 aromatic heterocycles. The molecule has 0 saturated heterocycles. The van der Waals surface area contributed by atoms with E-state index < -0.39 is 0 Å². The first-order valence-corrected chi connectivity index (χ1v) is 6.67. The minimum absolute atomic E-state index is 0.361. The van der Waals surface area contributed by atoms with Crippen molar-refractivity contribution in [3.05, 3.63) is 18.0 Å². The Morgan fingerprint density at radius 1 is 1.47 bits per heavy atom. The topological polar surface area (TPSA) is 29.9 Å². The van der Waals surface area contributed by atoms with Gasteiger partial charge in [0.1, 0.15) is 0 Å². The number of hydrogen-bond acceptors (Lipinski definition) is 2. The highest BCUT2D eigenvalue weighted by Crippen LogP contribution is 2.31. The van der Waals surface area contributed by atoms with Crippen molar-refractivity contribution in [3.63, 3.8) is 0 Å². The highest BCUT2D eigenvalue weighted by atomic mass is 15.2. The first-order valence-electron chi connectivity index (χ1n) is 6.67. The van der Waals surface area contributed by atoms with Crippen LogP contribution in [-0.2, 0) is 13.5 Å². The number of hydrogen-bond donors (Lipinski definition) is 1.